The number of amides is 1. The number of thiazole rings is 1. The fraction of sp³-hybridized carbons (Fsp3) is 0.111. The maximum Gasteiger partial charge on any atom is 0.282 e. The third-order valence-corrected chi connectivity index (χ3v) is 4.48. The number of nitrogens with zero attached hydrogens (tertiary/aromatic N) is 2. The largest absolute Gasteiger partial charge is 0.495 e. The molecule has 0 spiro atoms. The van der Waals surface area contributed by atoms with Gasteiger partial charge in [-0.25, -0.2) is 4.39 Å². The fourth-order valence-electron chi connectivity index (χ4n) is 2.37. The second-order valence-electron chi connectivity index (χ2n) is 4.88. The zero-order valence-corrected chi connectivity index (χ0v) is 13.6. The lowest BCUT2D eigenvalue weighted by Crippen LogP contribution is -2.17. The summed E-state index contributed by atoms with van der Waals surface area (Å²) in [5.41, 5.74) is 0.692. The number of benzene rings is 2. The number of halogens is 1. The number of aromatic nitrogens is 1. The van der Waals surface area contributed by atoms with E-state index in [4.69, 9.17) is 11.2 Å². The number of terminal acetylenes is 1. The SMILES string of the molecule is C#CCn1c(=NC(=O)c2ccccc2F)sc2cccc(OC)c21. The van der Waals surface area contributed by atoms with E-state index in [-0.39, 0.29) is 12.1 Å². The van der Waals surface area contributed by atoms with Gasteiger partial charge >= 0.3 is 0 Å². The number of fused-ring (bicyclic) bond motifs is 1. The van der Waals surface area contributed by atoms with Crippen molar-refractivity contribution in [3.63, 3.8) is 0 Å². The number of ether oxygens (including phenoxy) is 1. The Morgan fingerprint density at radius 3 is 2.83 bits per heavy atom. The van der Waals surface area contributed by atoms with Crippen LogP contribution in [0.25, 0.3) is 10.2 Å². The second kappa shape index (κ2) is 6.69. The van der Waals surface area contributed by atoms with Gasteiger partial charge in [-0.3, -0.25) is 4.79 Å². The summed E-state index contributed by atoms with van der Waals surface area (Å²) >= 11 is 1.30. The Labute approximate surface area is 141 Å². The van der Waals surface area contributed by atoms with Crippen molar-refractivity contribution in [3.05, 3.63) is 58.6 Å². The number of carbonyl (C=O) groups is 1. The number of hydrogen-bond acceptors (Lipinski definition) is 3. The standard InChI is InChI=1S/C18H13FN2O2S/c1-3-11-21-16-14(23-2)9-6-10-15(16)24-18(21)20-17(22)12-7-4-5-8-13(12)19/h1,4-10H,11H2,2H3. The second-order valence-corrected chi connectivity index (χ2v) is 5.89. The van der Waals surface area contributed by atoms with Crippen LogP contribution in [0.3, 0.4) is 0 Å². The summed E-state index contributed by atoms with van der Waals surface area (Å²) in [6, 6.07) is 11.3. The molecule has 0 aliphatic carbocycles. The monoisotopic (exact) mass is 340 g/mol. The molecule has 1 amide bonds. The quantitative estimate of drug-likeness (QED) is 0.687. The molecule has 0 saturated heterocycles. The zero-order valence-electron chi connectivity index (χ0n) is 12.8. The van der Waals surface area contributed by atoms with Gasteiger partial charge < -0.3 is 9.30 Å². The number of carbonyl (C=O) groups excluding carboxylic acids is 1. The van der Waals surface area contributed by atoms with E-state index in [0.29, 0.717) is 10.6 Å². The first kappa shape index (κ1) is 16.0. The molecule has 0 fully saturated rings. The zero-order chi connectivity index (χ0) is 17.1. The van der Waals surface area contributed by atoms with Crippen LogP contribution in [0, 0.1) is 18.2 Å². The first-order valence-corrected chi connectivity index (χ1v) is 7.90. The van der Waals surface area contributed by atoms with Crippen LogP contribution < -0.4 is 9.54 Å². The van der Waals surface area contributed by atoms with Crippen LogP contribution in [-0.2, 0) is 6.54 Å². The van der Waals surface area contributed by atoms with Crippen LogP contribution >= 0.6 is 11.3 Å². The van der Waals surface area contributed by atoms with E-state index in [2.05, 4.69) is 10.9 Å². The minimum atomic E-state index is -0.649. The highest BCUT2D eigenvalue weighted by Gasteiger charge is 2.14. The topological polar surface area (TPSA) is 43.6 Å². The van der Waals surface area contributed by atoms with Crippen molar-refractivity contribution < 1.29 is 13.9 Å². The maximum atomic E-state index is 13.8. The molecule has 0 saturated carbocycles. The Kier molecular flexibility index (Phi) is 4.45. The molecule has 24 heavy (non-hydrogen) atoms. The molecule has 4 nitrogen and oxygen atoms in total. The lowest BCUT2D eigenvalue weighted by atomic mass is 10.2. The van der Waals surface area contributed by atoms with Crippen molar-refractivity contribution in [2.45, 2.75) is 6.54 Å². The smallest absolute Gasteiger partial charge is 0.282 e. The Balaban J connectivity index is 2.23. The summed E-state index contributed by atoms with van der Waals surface area (Å²) in [5, 5.41) is 0. The summed E-state index contributed by atoms with van der Waals surface area (Å²) in [6.07, 6.45) is 5.44. The maximum absolute atomic E-state index is 13.8. The molecule has 6 heteroatoms. The average Bonchev–Trinajstić information content (AvgIpc) is 2.93. The molecule has 0 radical (unpaired) electrons. The van der Waals surface area contributed by atoms with Crippen LogP contribution in [0.1, 0.15) is 10.4 Å². The molecular formula is C18H13FN2O2S. The van der Waals surface area contributed by atoms with E-state index >= 15 is 0 Å². The number of para-hydroxylation sites is 1. The molecule has 0 atom stereocenters. The van der Waals surface area contributed by atoms with Crippen molar-refractivity contribution in [1.29, 1.82) is 0 Å². The van der Waals surface area contributed by atoms with Crippen LogP contribution in [0.15, 0.2) is 47.5 Å². The van der Waals surface area contributed by atoms with E-state index < -0.39 is 11.7 Å². The van der Waals surface area contributed by atoms with Crippen LogP contribution in [-0.4, -0.2) is 17.6 Å². The summed E-state index contributed by atoms with van der Waals surface area (Å²) in [5.74, 6) is 1.93. The molecule has 1 aromatic heterocycles. The number of methoxy groups -OCH3 is 1. The molecule has 3 aromatic rings. The van der Waals surface area contributed by atoms with Gasteiger partial charge in [-0.05, 0) is 24.3 Å². The third-order valence-electron chi connectivity index (χ3n) is 3.43. The average molecular weight is 340 g/mol. The molecule has 2 aromatic carbocycles. The van der Waals surface area contributed by atoms with Gasteiger partial charge in [0.15, 0.2) is 4.80 Å². The Hall–Kier alpha value is -2.91. The van der Waals surface area contributed by atoms with Gasteiger partial charge in [0.25, 0.3) is 5.91 Å². The Morgan fingerprint density at radius 1 is 1.33 bits per heavy atom. The molecule has 0 unspecified atom stereocenters. The van der Waals surface area contributed by atoms with Crippen molar-refractivity contribution in [1.82, 2.24) is 4.57 Å². The molecule has 3 rings (SSSR count). The van der Waals surface area contributed by atoms with Crippen molar-refractivity contribution >= 4 is 27.5 Å². The summed E-state index contributed by atoms with van der Waals surface area (Å²) < 4.78 is 21.7. The minimum Gasteiger partial charge on any atom is -0.495 e. The lowest BCUT2D eigenvalue weighted by Gasteiger charge is -2.05. The summed E-state index contributed by atoms with van der Waals surface area (Å²) in [7, 11) is 1.56. The molecule has 1 heterocycles. The van der Waals surface area contributed by atoms with Gasteiger partial charge in [0.2, 0.25) is 0 Å². The minimum absolute atomic E-state index is 0.0748. The molecule has 0 bridgehead atoms. The predicted molar refractivity (Wildman–Crippen MR) is 91.5 cm³/mol. The van der Waals surface area contributed by atoms with E-state index in [1.165, 1.54) is 29.5 Å². The van der Waals surface area contributed by atoms with E-state index in [0.717, 1.165) is 10.2 Å². The van der Waals surface area contributed by atoms with Crippen molar-refractivity contribution in [2.24, 2.45) is 4.99 Å². The molecule has 120 valence electrons. The van der Waals surface area contributed by atoms with Gasteiger partial charge in [0.1, 0.15) is 17.1 Å². The first-order chi connectivity index (χ1) is 11.7. The van der Waals surface area contributed by atoms with E-state index in [1.807, 2.05) is 18.2 Å². The van der Waals surface area contributed by atoms with Crippen LogP contribution in [0.2, 0.25) is 0 Å². The van der Waals surface area contributed by atoms with Crippen LogP contribution in [0.4, 0.5) is 4.39 Å². The van der Waals surface area contributed by atoms with Crippen molar-refractivity contribution in [3.8, 4) is 18.1 Å². The first-order valence-electron chi connectivity index (χ1n) is 7.09. The van der Waals surface area contributed by atoms with Gasteiger partial charge in [-0.1, -0.05) is 35.5 Å². The molecular weight excluding hydrogens is 327 g/mol. The van der Waals surface area contributed by atoms with Gasteiger partial charge in [0.05, 0.1) is 23.9 Å². The number of hydrogen-bond donors (Lipinski definition) is 0. The lowest BCUT2D eigenvalue weighted by molar-refractivity contribution is 0.0994. The van der Waals surface area contributed by atoms with Gasteiger partial charge in [-0.15, -0.1) is 6.42 Å². The molecule has 0 N–H and O–H groups in total. The van der Waals surface area contributed by atoms with Gasteiger partial charge in [-0.2, -0.15) is 4.99 Å². The highest BCUT2D eigenvalue weighted by atomic mass is 32.1. The molecule has 0 aliphatic heterocycles. The Morgan fingerprint density at radius 2 is 2.12 bits per heavy atom. The predicted octanol–water partition coefficient (Wildman–Crippen LogP) is 3.22. The Bertz CT molecular complexity index is 1030. The molecule has 0 aliphatic rings. The van der Waals surface area contributed by atoms with Gasteiger partial charge in [0, 0.05) is 0 Å². The third kappa shape index (κ3) is 2.82. The van der Waals surface area contributed by atoms with Crippen molar-refractivity contribution in [2.75, 3.05) is 7.11 Å². The van der Waals surface area contributed by atoms with E-state index in [1.54, 1.807) is 17.7 Å². The van der Waals surface area contributed by atoms with E-state index in [9.17, 15) is 9.18 Å². The highest BCUT2D eigenvalue weighted by Crippen LogP contribution is 2.27. The summed E-state index contributed by atoms with van der Waals surface area (Å²) in [6.45, 7) is 0.226. The summed E-state index contributed by atoms with van der Waals surface area (Å²) in [4.78, 5) is 16.8. The normalized spacial score (nSPS) is 11.5. The van der Waals surface area contributed by atoms with Crippen LogP contribution in [0.5, 0.6) is 5.75 Å². The highest BCUT2D eigenvalue weighted by molar-refractivity contribution is 7.16. The fourth-order valence-corrected chi connectivity index (χ4v) is 3.41. The number of rotatable bonds is 3.